The Labute approximate surface area is 109 Å². The van der Waals surface area contributed by atoms with E-state index in [1.165, 1.54) is 18.2 Å². The van der Waals surface area contributed by atoms with Gasteiger partial charge in [-0.2, -0.15) is 0 Å². The van der Waals surface area contributed by atoms with Crippen molar-refractivity contribution in [3.8, 4) is 0 Å². The van der Waals surface area contributed by atoms with E-state index in [9.17, 15) is 8.42 Å². The zero-order valence-corrected chi connectivity index (χ0v) is 11.6. The van der Waals surface area contributed by atoms with Gasteiger partial charge in [0.2, 0.25) is 10.0 Å². The summed E-state index contributed by atoms with van der Waals surface area (Å²) in [5.41, 5.74) is 6.21. The maximum atomic E-state index is 11.9. The summed E-state index contributed by atoms with van der Waals surface area (Å²) in [6.07, 6.45) is 8.18. The van der Waals surface area contributed by atoms with Crippen LogP contribution in [0.25, 0.3) is 0 Å². The maximum absolute atomic E-state index is 11.9. The highest BCUT2D eigenvalue weighted by molar-refractivity contribution is 7.93. The normalized spacial score (nSPS) is 13.9. The first-order valence-electron chi connectivity index (χ1n) is 5.54. The molecule has 0 bridgehead atoms. The number of hydrogen-bond donors (Lipinski definition) is 3. The summed E-state index contributed by atoms with van der Waals surface area (Å²) in [5.74, 6) is 0. The van der Waals surface area contributed by atoms with Gasteiger partial charge in [0.15, 0.2) is 0 Å². The fraction of sp³-hybridized carbons (Fsp3) is 0.333. The third-order valence-corrected chi connectivity index (χ3v) is 3.60. The maximum Gasteiger partial charge on any atom is 0.240 e. The Morgan fingerprint density at radius 2 is 2.11 bits per heavy atom. The van der Waals surface area contributed by atoms with E-state index in [2.05, 4.69) is 16.6 Å². The topological polar surface area (TPSA) is 84.2 Å². The first-order valence-corrected chi connectivity index (χ1v) is 7.03. The fourth-order valence-corrected chi connectivity index (χ4v) is 2.28. The largest absolute Gasteiger partial charge is 0.401 e. The summed E-state index contributed by atoms with van der Waals surface area (Å²) in [4.78, 5) is 0.207. The molecule has 0 unspecified atom stereocenters. The number of hydrogen-bond acceptors (Lipinski definition) is 4. The van der Waals surface area contributed by atoms with Gasteiger partial charge in [-0.3, -0.25) is 0 Å². The molecule has 0 aromatic carbocycles. The molecule has 0 aliphatic carbocycles. The molecular weight excluding hydrogens is 250 g/mol. The molecule has 0 aromatic rings. The highest BCUT2D eigenvalue weighted by atomic mass is 32.2. The van der Waals surface area contributed by atoms with Crippen LogP contribution in [0.3, 0.4) is 0 Å². The Balaban J connectivity index is 4.52. The number of rotatable bonds is 8. The quantitative estimate of drug-likeness (QED) is 0.574. The van der Waals surface area contributed by atoms with Crippen LogP contribution in [0.1, 0.15) is 13.3 Å². The Hall–Kier alpha value is -1.53. The Kier molecular flexibility index (Phi) is 7.82. The van der Waals surface area contributed by atoms with Gasteiger partial charge in [0.05, 0.1) is 4.91 Å². The van der Waals surface area contributed by atoms with Gasteiger partial charge in [0, 0.05) is 31.9 Å². The third-order valence-electron chi connectivity index (χ3n) is 2.03. The van der Waals surface area contributed by atoms with Gasteiger partial charge in [-0.25, -0.2) is 13.1 Å². The highest BCUT2D eigenvalue weighted by Gasteiger charge is 2.12. The van der Waals surface area contributed by atoms with Crippen molar-refractivity contribution in [2.24, 2.45) is 5.73 Å². The van der Waals surface area contributed by atoms with E-state index in [-0.39, 0.29) is 11.4 Å². The van der Waals surface area contributed by atoms with Crippen LogP contribution in [0.4, 0.5) is 0 Å². The Morgan fingerprint density at radius 3 is 2.61 bits per heavy atom. The van der Waals surface area contributed by atoms with Gasteiger partial charge in [-0.15, -0.1) is 0 Å². The molecule has 0 radical (unpaired) electrons. The predicted octanol–water partition coefficient (Wildman–Crippen LogP) is 0.961. The second kappa shape index (κ2) is 8.54. The standard InChI is InChI=1S/C12H21N3O2S/c1-4-6-7-12(5-2)18(16,17)15-9-8-11(13)10-14-3/h4-7,10,14-15H,1,8-9,13H2,2-3H3/b7-6-,11-10-,12-5+. The van der Waals surface area contributed by atoms with Crippen LogP contribution < -0.4 is 15.8 Å². The van der Waals surface area contributed by atoms with Crippen LogP contribution in [-0.4, -0.2) is 22.0 Å². The molecule has 6 heteroatoms. The van der Waals surface area contributed by atoms with Crippen molar-refractivity contribution in [2.45, 2.75) is 13.3 Å². The third kappa shape index (κ3) is 6.27. The minimum absolute atomic E-state index is 0.207. The lowest BCUT2D eigenvalue weighted by molar-refractivity contribution is 0.588. The summed E-state index contributed by atoms with van der Waals surface area (Å²) < 4.78 is 26.2. The summed E-state index contributed by atoms with van der Waals surface area (Å²) in [6, 6.07) is 0. The van der Waals surface area contributed by atoms with Crippen LogP contribution in [0.5, 0.6) is 0 Å². The average Bonchev–Trinajstić information content (AvgIpc) is 2.29. The Morgan fingerprint density at radius 1 is 1.44 bits per heavy atom. The van der Waals surface area contributed by atoms with E-state index in [0.29, 0.717) is 12.1 Å². The van der Waals surface area contributed by atoms with Crippen LogP contribution in [0.15, 0.2) is 47.7 Å². The van der Waals surface area contributed by atoms with Crippen molar-refractivity contribution in [3.05, 3.63) is 47.7 Å². The number of sulfonamides is 1. The number of nitrogens with one attached hydrogen (secondary N) is 2. The molecule has 0 aromatic heterocycles. The van der Waals surface area contributed by atoms with Crippen molar-refractivity contribution >= 4 is 10.0 Å². The molecule has 0 saturated carbocycles. The zero-order chi connectivity index (χ0) is 14.0. The number of allylic oxidation sites excluding steroid dienone is 4. The summed E-state index contributed by atoms with van der Waals surface area (Å²) >= 11 is 0. The second-order valence-corrected chi connectivity index (χ2v) is 5.21. The molecule has 5 nitrogen and oxygen atoms in total. The van der Waals surface area contributed by atoms with Crippen molar-refractivity contribution in [1.29, 1.82) is 0 Å². The van der Waals surface area contributed by atoms with Gasteiger partial charge in [-0.05, 0) is 13.0 Å². The van der Waals surface area contributed by atoms with Gasteiger partial charge in [0.25, 0.3) is 0 Å². The van der Waals surface area contributed by atoms with Crippen molar-refractivity contribution in [3.63, 3.8) is 0 Å². The van der Waals surface area contributed by atoms with E-state index in [0.717, 1.165) is 0 Å². The molecule has 4 N–H and O–H groups in total. The second-order valence-electron chi connectivity index (χ2n) is 3.44. The smallest absolute Gasteiger partial charge is 0.240 e. The zero-order valence-electron chi connectivity index (χ0n) is 10.8. The molecular formula is C12H21N3O2S. The minimum atomic E-state index is -3.48. The minimum Gasteiger partial charge on any atom is -0.401 e. The summed E-state index contributed by atoms with van der Waals surface area (Å²) in [5, 5.41) is 2.78. The van der Waals surface area contributed by atoms with Gasteiger partial charge in [-0.1, -0.05) is 24.8 Å². The first-order chi connectivity index (χ1) is 8.47. The van der Waals surface area contributed by atoms with E-state index in [1.807, 2.05) is 0 Å². The van der Waals surface area contributed by atoms with Crippen LogP contribution in [-0.2, 0) is 10.0 Å². The molecule has 0 fully saturated rings. The van der Waals surface area contributed by atoms with Gasteiger partial charge >= 0.3 is 0 Å². The lowest BCUT2D eigenvalue weighted by atomic mass is 10.3. The molecule has 0 atom stereocenters. The van der Waals surface area contributed by atoms with E-state index >= 15 is 0 Å². The molecule has 0 amide bonds. The van der Waals surface area contributed by atoms with Crippen LogP contribution >= 0.6 is 0 Å². The fourth-order valence-electron chi connectivity index (χ4n) is 1.17. The lowest BCUT2D eigenvalue weighted by Crippen LogP contribution is -2.26. The molecule has 0 heterocycles. The monoisotopic (exact) mass is 271 g/mol. The molecule has 18 heavy (non-hydrogen) atoms. The SMILES string of the molecule is C=C/C=C\C(=C/C)S(=O)(=O)NCC/C(N)=C/NC. The molecule has 0 spiro atoms. The highest BCUT2D eigenvalue weighted by Crippen LogP contribution is 2.06. The van der Waals surface area contributed by atoms with Crippen molar-refractivity contribution in [2.75, 3.05) is 13.6 Å². The van der Waals surface area contributed by atoms with E-state index in [1.54, 1.807) is 26.2 Å². The molecule has 102 valence electrons. The summed E-state index contributed by atoms with van der Waals surface area (Å²) in [7, 11) is -1.75. The van der Waals surface area contributed by atoms with Crippen LogP contribution in [0, 0.1) is 0 Å². The molecule has 0 rings (SSSR count). The molecule has 0 aliphatic heterocycles. The molecule has 0 aliphatic rings. The average molecular weight is 271 g/mol. The Bertz CT molecular complexity index is 448. The van der Waals surface area contributed by atoms with E-state index in [4.69, 9.17) is 5.73 Å². The predicted molar refractivity (Wildman–Crippen MR) is 76.0 cm³/mol. The van der Waals surface area contributed by atoms with Crippen molar-refractivity contribution < 1.29 is 8.42 Å². The lowest BCUT2D eigenvalue weighted by Gasteiger charge is -2.07. The van der Waals surface area contributed by atoms with Gasteiger partial charge < -0.3 is 11.1 Å². The molecule has 0 saturated heterocycles. The van der Waals surface area contributed by atoms with Crippen LogP contribution in [0.2, 0.25) is 0 Å². The number of nitrogens with two attached hydrogens (primary N) is 1. The first kappa shape index (κ1) is 16.5. The van der Waals surface area contributed by atoms with Crippen molar-refractivity contribution in [1.82, 2.24) is 10.0 Å². The summed E-state index contributed by atoms with van der Waals surface area (Å²) in [6.45, 7) is 5.41. The van der Waals surface area contributed by atoms with Gasteiger partial charge in [0.1, 0.15) is 0 Å². The van der Waals surface area contributed by atoms with E-state index < -0.39 is 10.0 Å².